The molecule has 0 aliphatic carbocycles. The lowest BCUT2D eigenvalue weighted by atomic mass is 10.1. The van der Waals surface area contributed by atoms with E-state index in [1.807, 2.05) is 13.8 Å². The summed E-state index contributed by atoms with van der Waals surface area (Å²) in [7, 11) is 0. The molecule has 68 valence electrons. The van der Waals surface area contributed by atoms with Crippen molar-refractivity contribution in [2.24, 2.45) is 5.92 Å². The molecule has 0 aromatic rings. The zero-order chi connectivity index (χ0) is 9.30. The van der Waals surface area contributed by atoms with Crippen molar-refractivity contribution >= 4 is 5.97 Å². The van der Waals surface area contributed by atoms with Gasteiger partial charge in [-0.25, -0.2) is 4.79 Å². The molecule has 0 radical (unpaired) electrons. The third-order valence-corrected chi connectivity index (χ3v) is 1.86. The van der Waals surface area contributed by atoms with Gasteiger partial charge >= 0.3 is 5.97 Å². The minimum Gasteiger partial charge on any atom is -0.432 e. The van der Waals surface area contributed by atoms with Crippen LogP contribution in [0.2, 0.25) is 0 Å². The molecule has 0 spiro atoms. The number of carbonyl (C=O) groups is 1. The molecule has 1 aliphatic rings. The Morgan fingerprint density at radius 3 is 2.50 bits per heavy atom. The molecule has 12 heavy (non-hydrogen) atoms. The number of esters is 1. The molecule has 1 heterocycles. The number of ether oxygens (including phenoxy) is 2. The molecule has 0 amide bonds. The maximum atomic E-state index is 11.1. The predicted molar refractivity (Wildman–Crippen MR) is 44.4 cm³/mol. The van der Waals surface area contributed by atoms with Gasteiger partial charge in [-0.15, -0.1) is 0 Å². The molecule has 0 saturated carbocycles. The smallest absolute Gasteiger partial charge is 0.338 e. The topological polar surface area (TPSA) is 35.5 Å². The van der Waals surface area contributed by atoms with Crippen molar-refractivity contribution in [3.63, 3.8) is 0 Å². The summed E-state index contributed by atoms with van der Waals surface area (Å²) < 4.78 is 10.4. The molecule has 3 heteroatoms. The second-order valence-electron chi connectivity index (χ2n) is 3.32. The van der Waals surface area contributed by atoms with Crippen LogP contribution in [0.15, 0.2) is 12.2 Å². The normalized spacial score (nSPS) is 30.7. The van der Waals surface area contributed by atoms with E-state index in [1.54, 1.807) is 6.92 Å². The van der Waals surface area contributed by atoms with Gasteiger partial charge < -0.3 is 9.47 Å². The second-order valence-corrected chi connectivity index (χ2v) is 3.32. The minimum atomic E-state index is -0.419. The van der Waals surface area contributed by atoms with Crippen LogP contribution in [0.4, 0.5) is 0 Å². The Kier molecular flexibility index (Phi) is 2.52. The van der Waals surface area contributed by atoms with Gasteiger partial charge in [0.05, 0.1) is 11.7 Å². The average molecular weight is 170 g/mol. The van der Waals surface area contributed by atoms with Crippen LogP contribution >= 0.6 is 0 Å². The monoisotopic (exact) mass is 170 g/mol. The number of cyclic esters (lactones) is 1. The van der Waals surface area contributed by atoms with Crippen molar-refractivity contribution in [2.75, 3.05) is 0 Å². The lowest BCUT2D eigenvalue weighted by Gasteiger charge is -2.30. The van der Waals surface area contributed by atoms with E-state index in [0.29, 0.717) is 5.57 Å². The predicted octanol–water partition coefficient (Wildman–Crippen LogP) is 1.49. The molecule has 2 atom stereocenters. The van der Waals surface area contributed by atoms with E-state index < -0.39 is 6.29 Å². The summed E-state index contributed by atoms with van der Waals surface area (Å²) in [6.45, 7) is 9.26. The molecule has 3 nitrogen and oxygen atoms in total. The van der Waals surface area contributed by atoms with Crippen LogP contribution in [0.25, 0.3) is 0 Å². The van der Waals surface area contributed by atoms with E-state index in [-0.39, 0.29) is 18.0 Å². The van der Waals surface area contributed by atoms with E-state index in [1.165, 1.54) is 0 Å². The highest BCUT2D eigenvalue weighted by Crippen LogP contribution is 2.21. The van der Waals surface area contributed by atoms with E-state index in [4.69, 9.17) is 9.47 Å². The van der Waals surface area contributed by atoms with Gasteiger partial charge in [0.15, 0.2) is 0 Å². The fourth-order valence-electron chi connectivity index (χ4n) is 0.951. The van der Waals surface area contributed by atoms with Crippen LogP contribution in [0.5, 0.6) is 0 Å². The van der Waals surface area contributed by atoms with Gasteiger partial charge in [0.1, 0.15) is 0 Å². The summed E-state index contributed by atoms with van der Waals surface area (Å²) in [5.74, 6) is -0.156. The van der Waals surface area contributed by atoms with Crippen molar-refractivity contribution in [3.8, 4) is 0 Å². The van der Waals surface area contributed by atoms with Crippen LogP contribution in [0.1, 0.15) is 20.8 Å². The molecule has 1 fully saturated rings. The van der Waals surface area contributed by atoms with E-state index in [9.17, 15) is 4.79 Å². The summed E-state index contributed by atoms with van der Waals surface area (Å²) in [6, 6.07) is 0. The van der Waals surface area contributed by atoms with Gasteiger partial charge in [-0.2, -0.15) is 0 Å². The lowest BCUT2D eigenvalue weighted by molar-refractivity contribution is -0.209. The Balaban J connectivity index is 2.66. The summed E-state index contributed by atoms with van der Waals surface area (Å²) in [6.07, 6.45) is -0.642. The third kappa shape index (κ3) is 1.67. The minimum absolute atomic E-state index is 0.185. The van der Waals surface area contributed by atoms with Crippen molar-refractivity contribution in [3.05, 3.63) is 12.2 Å². The largest absolute Gasteiger partial charge is 0.432 e. The molecule has 0 aromatic heterocycles. The Hall–Kier alpha value is -0.830. The van der Waals surface area contributed by atoms with Crippen molar-refractivity contribution < 1.29 is 14.3 Å². The molecule has 2 unspecified atom stereocenters. The van der Waals surface area contributed by atoms with Crippen LogP contribution in [0.3, 0.4) is 0 Å². The van der Waals surface area contributed by atoms with Gasteiger partial charge in [-0.05, 0) is 6.92 Å². The van der Waals surface area contributed by atoms with E-state index in [0.717, 1.165) is 0 Å². The van der Waals surface area contributed by atoms with Crippen LogP contribution in [-0.4, -0.2) is 18.4 Å². The van der Waals surface area contributed by atoms with Gasteiger partial charge in [-0.1, -0.05) is 20.4 Å². The van der Waals surface area contributed by atoms with Gasteiger partial charge in [0.25, 0.3) is 0 Å². The molecule has 1 saturated heterocycles. The Bertz CT molecular complexity index is 208. The van der Waals surface area contributed by atoms with Crippen LogP contribution in [-0.2, 0) is 14.3 Å². The highest BCUT2D eigenvalue weighted by molar-refractivity contribution is 5.89. The maximum Gasteiger partial charge on any atom is 0.338 e. The average Bonchev–Trinajstić information content (AvgIpc) is 1.99. The SMILES string of the molecule is C=C1C(=O)OC(C(C)C)OC1C. The zero-order valence-electron chi connectivity index (χ0n) is 7.66. The molecule has 0 N–H and O–H groups in total. The van der Waals surface area contributed by atoms with Crippen LogP contribution in [0, 0.1) is 5.92 Å². The molecule has 1 aliphatic heterocycles. The fraction of sp³-hybridized carbons (Fsp3) is 0.667. The zero-order valence-corrected chi connectivity index (χ0v) is 7.66. The number of rotatable bonds is 1. The van der Waals surface area contributed by atoms with E-state index in [2.05, 4.69) is 6.58 Å². The fourth-order valence-corrected chi connectivity index (χ4v) is 0.951. The summed E-state index contributed by atoms with van der Waals surface area (Å²) >= 11 is 0. The van der Waals surface area contributed by atoms with Gasteiger partial charge in [-0.3, -0.25) is 0 Å². The summed E-state index contributed by atoms with van der Waals surface area (Å²) in [4.78, 5) is 11.1. The quantitative estimate of drug-likeness (QED) is 0.441. The highest BCUT2D eigenvalue weighted by Gasteiger charge is 2.31. The van der Waals surface area contributed by atoms with E-state index >= 15 is 0 Å². The van der Waals surface area contributed by atoms with Gasteiger partial charge in [0, 0.05) is 5.92 Å². The van der Waals surface area contributed by atoms with Crippen molar-refractivity contribution in [1.29, 1.82) is 0 Å². The van der Waals surface area contributed by atoms with Crippen molar-refractivity contribution in [1.82, 2.24) is 0 Å². The number of carbonyl (C=O) groups excluding carboxylic acids is 1. The second kappa shape index (κ2) is 3.27. The molecule has 0 bridgehead atoms. The number of hydrogen-bond donors (Lipinski definition) is 0. The Labute approximate surface area is 72.4 Å². The Morgan fingerprint density at radius 1 is 1.50 bits per heavy atom. The standard InChI is InChI=1S/C9H14O3/c1-5(2)9-11-7(4)6(3)8(10)12-9/h5,7,9H,3H2,1-2,4H3. The third-order valence-electron chi connectivity index (χ3n) is 1.86. The first kappa shape index (κ1) is 9.26. The lowest BCUT2D eigenvalue weighted by Crippen LogP contribution is -2.38. The maximum absolute atomic E-state index is 11.1. The summed E-state index contributed by atoms with van der Waals surface area (Å²) in [5.41, 5.74) is 0.395. The number of hydrogen-bond acceptors (Lipinski definition) is 3. The van der Waals surface area contributed by atoms with Crippen LogP contribution < -0.4 is 0 Å². The molecular formula is C9H14O3. The highest BCUT2D eigenvalue weighted by atomic mass is 16.7. The molecule has 1 rings (SSSR count). The molecular weight excluding hydrogens is 156 g/mol. The first-order chi connectivity index (χ1) is 5.52. The molecule has 0 aromatic carbocycles. The van der Waals surface area contributed by atoms with Crippen molar-refractivity contribution in [2.45, 2.75) is 33.2 Å². The Morgan fingerprint density at radius 2 is 2.08 bits per heavy atom. The first-order valence-electron chi connectivity index (χ1n) is 4.07. The summed E-state index contributed by atoms with van der Waals surface area (Å²) in [5, 5.41) is 0. The first-order valence-corrected chi connectivity index (χ1v) is 4.07. The van der Waals surface area contributed by atoms with Gasteiger partial charge in [0.2, 0.25) is 6.29 Å².